The Labute approximate surface area is 131 Å². The molecule has 5 unspecified atom stereocenters. The molecule has 5 atom stereocenters. The van der Waals surface area contributed by atoms with Gasteiger partial charge in [0.25, 0.3) is 0 Å². The van der Waals surface area contributed by atoms with Gasteiger partial charge in [-0.15, -0.1) is 0 Å². The number of halogens is 1. The summed E-state index contributed by atoms with van der Waals surface area (Å²) in [6, 6.07) is 7.06. The second kappa shape index (κ2) is 4.56. The molecule has 0 aromatic heterocycles. The number of fused-ring (bicyclic) bond motifs is 2. The third-order valence-corrected chi connectivity index (χ3v) is 5.04. The zero-order chi connectivity index (χ0) is 14.7. The molecule has 1 aliphatic carbocycles. The van der Waals surface area contributed by atoms with Crippen molar-refractivity contribution < 1.29 is 14.6 Å². The highest BCUT2D eigenvalue weighted by Gasteiger charge is 2.60. The molecule has 3 saturated heterocycles. The highest BCUT2D eigenvalue weighted by molar-refractivity contribution is 7.80. The quantitative estimate of drug-likeness (QED) is 0.595. The summed E-state index contributed by atoms with van der Waals surface area (Å²) in [5.74, 6) is -0.629. The van der Waals surface area contributed by atoms with Crippen LogP contribution >= 0.6 is 23.8 Å². The number of carbonyl (C=O) groups excluding carboxylic acids is 1. The van der Waals surface area contributed by atoms with Crippen LogP contribution in [0.15, 0.2) is 24.3 Å². The van der Waals surface area contributed by atoms with E-state index in [0.29, 0.717) is 16.6 Å². The SMILES string of the molecule is O=C1OC2C(O)CC1C1C2NC(=S)N1c1ccc(Cl)cc1. The topological polar surface area (TPSA) is 61.8 Å². The van der Waals surface area contributed by atoms with Crippen molar-refractivity contribution in [2.75, 3.05) is 4.90 Å². The van der Waals surface area contributed by atoms with E-state index < -0.39 is 12.2 Å². The van der Waals surface area contributed by atoms with Crippen molar-refractivity contribution in [3.05, 3.63) is 29.3 Å². The molecule has 0 amide bonds. The number of nitrogens with one attached hydrogen (secondary N) is 1. The number of benzene rings is 1. The molecule has 1 aromatic carbocycles. The maximum atomic E-state index is 12.0. The Morgan fingerprint density at radius 2 is 2.10 bits per heavy atom. The number of aliphatic hydroxyl groups is 1. The molecule has 5 nitrogen and oxygen atoms in total. The van der Waals surface area contributed by atoms with Crippen molar-refractivity contribution in [3.63, 3.8) is 0 Å². The highest BCUT2D eigenvalue weighted by Crippen LogP contribution is 2.42. The van der Waals surface area contributed by atoms with Crippen LogP contribution < -0.4 is 10.2 Å². The van der Waals surface area contributed by atoms with Crippen LogP contribution in [0, 0.1) is 5.92 Å². The van der Waals surface area contributed by atoms with Crippen LogP contribution in [0.3, 0.4) is 0 Å². The second-order valence-electron chi connectivity index (χ2n) is 5.62. The van der Waals surface area contributed by atoms with Gasteiger partial charge in [-0.1, -0.05) is 11.6 Å². The molecule has 110 valence electrons. The van der Waals surface area contributed by atoms with E-state index in [1.54, 1.807) is 12.1 Å². The average molecular weight is 325 g/mol. The smallest absolute Gasteiger partial charge is 0.311 e. The zero-order valence-corrected chi connectivity index (χ0v) is 12.5. The predicted molar refractivity (Wildman–Crippen MR) is 81.2 cm³/mol. The average Bonchev–Trinajstić information content (AvgIpc) is 2.80. The molecule has 4 fully saturated rings. The number of carbonyl (C=O) groups is 1. The molecule has 0 radical (unpaired) electrons. The maximum absolute atomic E-state index is 12.0. The fourth-order valence-electron chi connectivity index (χ4n) is 3.57. The zero-order valence-electron chi connectivity index (χ0n) is 10.9. The van der Waals surface area contributed by atoms with E-state index in [-0.39, 0.29) is 24.0 Å². The van der Waals surface area contributed by atoms with Crippen LogP contribution in [0.25, 0.3) is 0 Å². The fraction of sp³-hybridized carbons (Fsp3) is 0.429. The van der Waals surface area contributed by atoms with Gasteiger partial charge in [0.1, 0.15) is 6.10 Å². The Morgan fingerprint density at radius 1 is 1.38 bits per heavy atom. The number of anilines is 1. The van der Waals surface area contributed by atoms with Gasteiger partial charge in [-0.25, -0.2) is 0 Å². The van der Waals surface area contributed by atoms with Crippen molar-refractivity contribution in [2.24, 2.45) is 5.92 Å². The summed E-state index contributed by atoms with van der Waals surface area (Å²) in [5.41, 5.74) is 0.888. The monoisotopic (exact) mass is 324 g/mol. The summed E-state index contributed by atoms with van der Waals surface area (Å²) in [4.78, 5) is 14.0. The minimum atomic E-state index is -0.630. The molecule has 1 aromatic rings. The summed E-state index contributed by atoms with van der Waals surface area (Å²) in [6.07, 6.45) is -0.754. The lowest BCUT2D eigenvalue weighted by Crippen LogP contribution is -2.66. The Balaban J connectivity index is 1.74. The number of hydrogen-bond acceptors (Lipinski definition) is 4. The van der Waals surface area contributed by atoms with Crippen LogP contribution in [0.5, 0.6) is 0 Å². The van der Waals surface area contributed by atoms with E-state index in [2.05, 4.69) is 5.32 Å². The molecule has 3 heterocycles. The maximum Gasteiger partial charge on any atom is 0.311 e. The standard InChI is InChI=1S/C14H13ClN2O3S/c15-6-1-3-7(4-2-6)17-11-8-5-9(18)12(20-13(8)19)10(11)16-14(17)21/h1-4,8-12,18H,5H2,(H,16,21). The van der Waals surface area contributed by atoms with E-state index in [0.717, 1.165) is 5.69 Å². The molecule has 2 N–H and O–H groups in total. The van der Waals surface area contributed by atoms with Gasteiger partial charge >= 0.3 is 5.97 Å². The van der Waals surface area contributed by atoms with Gasteiger partial charge in [0.2, 0.25) is 0 Å². The summed E-state index contributed by atoms with van der Waals surface area (Å²) in [7, 11) is 0. The van der Waals surface area contributed by atoms with Gasteiger partial charge in [0.05, 0.1) is 24.1 Å². The predicted octanol–water partition coefficient (Wildman–Crippen LogP) is 1.08. The van der Waals surface area contributed by atoms with Gasteiger partial charge in [-0.05, 0) is 42.9 Å². The number of thiocarbonyl (C=S) groups is 1. The number of ether oxygens (including phenoxy) is 1. The first-order chi connectivity index (χ1) is 10.1. The first-order valence-electron chi connectivity index (χ1n) is 6.80. The van der Waals surface area contributed by atoms with Crippen molar-refractivity contribution in [3.8, 4) is 0 Å². The number of hydrogen-bond donors (Lipinski definition) is 2. The van der Waals surface area contributed by atoms with Crippen LogP contribution in [-0.4, -0.2) is 40.5 Å². The molecular formula is C14H13ClN2O3S. The molecule has 1 saturated carbocycles. The molecule has 5 rings (SSSR count). The number of rotatable bonds is 1. The lowest BCUT2D eigenvalue weighted by molar-refractivity contribution is -0.188. The molecule has 3 aliphatic heterocycles. The molecule has 7 heteroatoms. The Morgan fingerprint density at radius 3 is 2.81 bits per heavy atom. The largest absolute Gasteiger partial charge is 0.457 e. The second-order valence-corrected chi connectivity index (χ2v) is 6.45. The minimum absolute atomic E-state index is 0.117. The molecule has 0 spiro atoms. The Kier molecular flexibility index (Phi) is 2.89. The van der Waals surface area contributed by atoms with Crippen molar-refractivity contribution in [1.29, 1.82) is 0 Å². The molecule has 2 bridgehead atoms. The van der Waals surface area contributed by atoms with E-state index in [1.807, 2.05) is 17.0 Å². The van der Waals surface area contributed by atoms with E-state index >= 15 is 0 Å². The first-order valence-corrected chi connectivity index (χ1v) is 7.59. The number of nitrogens with zero attached hydrogens (tertiary/aromatic N) is 1. The van der Waals surface area contributed by atoms with Crippen LogP contribution in [0.4, 0.5) is 5.69 Å². The minimum Gasteiger partial charge on any atom is -0.457 e. The van der Waals surface area contributed by atoms with Crippen molar-refractivity contribution >= 4 is 40.6 Å². The summed E-state index contributed by atoms with van der Waals surface area (Å²) >= 11 is 11.3. The molecular weight excluding hydrogens is 312 g/mol. The first kappa shape index (κ1) is 13.3. The van der Waals surface area contributed by atoms with Crippen molar-refractivity contribution in [2.45, 2.75) is 30.7 Å². The van der Waals surface area contributed by atoms with Crippen LogP contribution in [0.1, 0.15) is 6.42 Å². The van der Waals surface area contributed by atoms with Crippen molar-refractivity contribution in [1.82, 2.24) is 5.32 Å². The molecule has 21 heavy (non-hydrogen) atoms. The highest BCUT2D eigenvalue weighted by atomic mass is 35.5. The lowest BCUT2D eigenvalue weighted by atomic mass is 9.75. The normalized spacial score (nSPS) is 37.2. The Hall–Kier alpha value is -1.37. The van der Waals surface area contributed by atoms with E-state index in [9.17, 15) is 9.90 Å². The third-order valence-electron chi connectivity index (χ3n) is 4.48. The van der Waals surface area contributed by atoms with Crippen LogP contribution in [-0.2, 0) is 9.53 Å². The van der Waals surface area contributed by atoms with E-state index in [1.165, 1.54) is 0 Å². The third kappa shape index (κ3) is 1.86. The lowest BCUT2D eigenvalue weighted by Gasteiger charge is -2.47. The van der Waals surface area contributed by atoms with Gasteiger partial charge in [0, 0.05) is 10.7 Å². The van der Waals surface area contributed by atoms with Gasteiger partial charge in [0.15, 0.2) is 5.11 Å². The Bertz CT molecular complexity index is 623. The fourth-order valence-corrected chi connectivity index (χ4v) is 4.06. The van der Waals surface area contributed by atoms with Gasteiger partial charge in [-0.3, -0.25) is 4.79 Å². The van der Waals surface area contributed by atoms with Gasteiger partial charge in [-0.2, -0.15) is 0 Å². The molecule has 4 aliphatic rings. The summed E-state index contributed by atoms with van der Waals surface area (Å²) in [6.45, 7) is 0. The summed E-state index contributed by atoms with van der Waals surface area (Å²) < 4.78 is 5.30. The van der Waals surface area contributed by atoms with E-state index in [4.69, 9.17) is 28.6 Å². The number of esters is 1. The van der Waals surface area contributed by atoms with Crippen LogP contribution in [0.2, 0.25) is 5.02 Å². The van der Waals surface area contributed by atoms with Gasteiger partial charge < -0.3 is 20.1 Å². The number of aliphatic hydroxyl groups excluding tert-OH is 1. The summed E-state index contributed by atoms with van der Waals surface area (Å²) in [5, 5.41) is 14.4.